The molecule has 1 aromatic carbocycles. The molecule has 2 N–H and O–H groups in total. The number of ether oxygens (including phenoxy) is 1. The number of halogens is 1. The summed E-state index contributed by atoms with van der Waals surface area (Å²) < 4.78 is 11.0. The molecule has 1 aromatic heterocycles. The first-order valence-corrected chi connectivity index (χ1v) is 9.91. The lowest BCUT2D eigenvalue weighted by atomic mass is 10.1. The maximum Gasteiger partial charge on any atom is 0.191 e. The van der Waals surface area contributed by atoms with Crippen molar-refractivity contribution in [3.05, 3.63) is 46.8 Å². The molecule has 0 saturated carbocycles. The van der Waals surface area contributed by atoms with Gasteiger partial charge in [-0.05, 0) is 44.4 Å². The van der Waals surface area contributed by atoms with Gasteiger partial charge in [0.05, 0.1) is 18.8 Å². The molecule has 0 unspecified atom stereocenters. The van der Waals surface area contributed by atoms with Gasteiger partial charge in [-0.1, -0.05) is 31.1 Å². The summed E-state index contributed by atoms with van der Waals surface area (Å²) in [5, 5.41) is 10.9. The zero-order valence-corrected chi connectivity index (χ0v) is 19.7. The van der Waals surface area contributed by atoms with E-state index in [1.807, 2.05) is 19.1 Å². The van der Waals surface area contributed by atoms with Crippen molar-refractivity contribution in [1.29, 1.82) is 0 Å². The van der Waals surface area contributed by atoms with Gasteiger partial charge in [-0.15, -0.1) is 24.0 Å². The highest BCUT2D eigenvalue weighted by atomic mass is 127. The fourth-order valence-corrected chi connectivity index (χ4v) is 2.90. The van der Waals surface area contributed by atoms with Crippen LogP contribution in [0.25, 0.3) is 0 Å². The largest absolute Gasteiger partial charge is 0.494 e. The summed E-state index contributed by atoms with van der Waals surface area (Å²) in [5.74, 6) is 2.66. The lowest BCUT2D eigenvalue weighted by molar-refractivity contribution is 0.340. The van der Waals surface area contributed by atoms with Gasteiger partial charge in [0, 0.05) is 25.1 Å². The normalized spacial score (nSPS) is 11.1. The van der Waals surface area contributed by atoms with Crippen LogP contribution in [0.1, 0.15) is 50.3 Å². The number of hydrogen-bond donors (Lipinski definition) is 2. The van der Waals surface area contributed by atoms with Crippen molar-refractivity contribution in [1.82, 2.24) is 15.8 Å². The van der Waals surface area contributed by atoms with E-state index in [4.69, 9.17) is 14.3 Å². The Bertz CT molecular complexity index is 709. The summed E-state index contributed by atoms with van der Waals surface area (Å²) in [7, 11) is 0. The number of benzene rings is 1. The van der Waals surface area contributed by atoms with Gasteiger partial charge >= 0.3 is 0 Å². The molecule has 0 aliphatic rings. The zero-order valence-electron chi connectivity index (χ0n) is 17.4. The second-order valence-electron chi connectivity index (χ2n) is 6.19. The first-order valence-electron chi connectivity index (χ1n) is 9.91. The number of hydrogen-bond acceptors (Lipinski definition) is 4. The maximum atomic E-state index is 5.56. The van der Waals surface area contributed by atoms with Crippen molar-refractivity contribution in [3.63, 3.8) is 0 Å². The summed E-state index contributed by atoms with van der Waals surface area (Å²) >= 11 is 0. The van der Waals surface area contributed by atoms with Crippen molar-refractivity contribution in [2.45, 2.75) is 53.5 Å². The fraction of sp³-hybridized carbons (Fsp3) is 0.524. The molecule has 2 rings (SSSR count). The van der Waals surface area contributed by atoms with E-state index >= 15 is 0 Å². The van der Waals surface area contributed by atoms with Gasteiger partial charge in [-0.25, -0.2) is 4.99 Å². The predicted molar refractivity (Wildman–Crippen MR) is 125 cm³/mol. The quantitative estimate of drug-likeness (QED) is 0.292. The number of aryl methyl sites for hydroxylation is 2. The van der Waals surface area contributed by atoms with Crippen molar-refractivity contribution in [2.24, 2.45) is 4.99 Å². The molecule has 0 fully saturated rings. The highest BCUT2D eigenvalue weighted by Crippen LogP contribution is 2.17. The molecule has 2 aromatic rings. The number of nitrogens with zero attached hydrogens (tertiary/aromatic N) is 2. The van der Waals surface area contributed by atoms with Gasteiger partial charge in [0.15, 0.2) is 5.96 Å². The van der Waals surface area contributed by atoms with E-state index < -0.39 is 0 Å². The van der Waals surface area contributed by atoms with Gasteiger partial charge in [0.25, 0.3) is 0 Å². The van der Waals surface area contributed by atoms with Gasteiger partial charge < -0.3 is 19.9 Å². The number of guanidine groups is 1. The second kappa shape index (κ2) is 13.4. The van der Waals surface area contributed by atoms with Crippen LogP contribution in [-0.2, 0) is 25.8 Å². The summed E-state index contributed by atoms with van der Waals surface area (Å²) in [6.45, 7) is 11.1. The Morgan fingerprint density at radius 2 is 1.96 bits per heavy atom. The molecule has 0 amide bonds. The van der Waals surface area contributed by atoms with Crippen LogP contribution in [0, 0.1) is 0 Å². The fourth-order valence-electron chi connectivity index (χ4n) is 2.90. The summed E-state index contributed by atoms with van der Waals surface area (Å²) in [5.41, 5.74) is 3.35. The Morgan fingerprint density at radius 1 is 1.14 bits per heavy atom. The van der Waals surface area contributed by atoms with E-state index in [1.54, 1.807) is 0 Å². The van der Waals surface area contributed by atoms with Crippen molar-refractivity contribution in [3.8, 4) is 5.75 Å². The van der Waals surface area contributed by atoms with E-state index in [-0.39, 0.29) is 24.0 Å². The van der Waals surface area contributed by atoms with Gasteiger partial charge in [-0.2, -0.15) is 0 Å². The third-order valence-electron chi connectivity index (χ3n) is 4.26. The monoisotopic (exact) mass is 500 g/mol. The molecule has 0 aliphatic heterocycles. The summed E-state index contributed by atoms with van der Waals surface area (Å²) in [4.78, 5) is 4.72. The minimum absolute atomic E-state index is 0. The topological polar surface area (TPSA) is 71.7 Å². The Hall–Kier alpha value is -1.77. The van der Waals surface area contributed by atoms with Crippen LogP contribution in [0.15, 0.2) is 33.8 Å². The first kappa shape index (κ1) is 24.3. The summed E-state index contributed by atoms with van der Waals surface area (Å²) in [6.07, 6.45) is 2.59. The molecule has 0 radical (unpaired) electrons. The number of rotatable bonds is 10. The van der Waals surface area contributed by atoms with Crippen LogP contribution < -0.4 is 15.4 Å². The molecular formula is C21H33IN4O2. The zero-order chi connectivity index (χ0) is 19.5. The number of nitrogens with one attached hydrogen (secondary N) is 2. The molecule has 0 bridgehead atoms. The number of aliphatic imine (C=N–C) groups is 1. The lowest BCUT2D eigenvalue weighted by Crippen LogP contribution is -2.38. The van der Waals surface area contributed by atoms with Gasteiger partial charge in [0.2, 0.25) is 0 Å². The average Bonchev–Trinajstić information content (AvgIpc) is 3.08. The van der Waals surface area contributed by atoms with E-state index in [0.717, 1.165) is 61.1 Å². The molecule has 156 valence electrons. The van der Waals surface area contributed by atoms with Crippen LogP contribution in [-0.4, -0.2) is 30.8 Å². The smallest absolute Gasteiger partial charge is 0.191 e. The first-order chi connectivity index (χ1) is 13.2. The Kier molecular flexibility index (Phi) is 11.6. The standard InChI is InChI=1S/C21H32N4O2.HI/c1-5-19-18(20(6-2)27-25-19)15-24-21(22-7-3)23-13-12-16-10-9-11-17(14-16)26-8-4;/h9-11,14H,5-8,12-13,15H2,1-4H3,(H2,22,23,24);1H. The lowest BCUT2D eigenvalue weighted by Gasteiger charge is -2.12. The van der Waals surface area contributed by atoms with Crippen LogP contribution in [0.4, 0.5) is 0 Å². The predicted octanol–water partition coefficient (Wildman–Crippen LogP) is 4.11. The van der Waals surface area contributed by atoms with E-state index in [2.05, 4.69) is 48.7 Å². The molecule has 7 heteroatoms. The van der Waals surface area contributed by atoms with Crippen molar-refractivity contribution >= 4 is 29.9 Å². The Morgan fingerprint density at radius 3 is 2.64 bits per heavy atom. The van der Waals surface area contributed by atoms with Crippen LogP contribution in [0.5, 0.6) is 5.75 Å². The molecule has 1 heterocycles. The minimum atomic E-state index is 0. The van der Waals surface area contributed by atoms with Gasteiger partial charge in [-0.3, -0.25) is 0 Å². The Labute approximate surface area is 185 Å². The second-order valence-corrected chi connectivity index (χ2v) is 6.19. The highest BCUT2D eigenvalue weighted by Gasteiger charge is 2.13. The van der Waals surface area contributed by atoms with Crippen molar-refractivity contribution in [2.75, 3.05) is 19.7 Å². The minimum Gasteiger partial charge on any atom is -0.494 e. The molecule has 28 heavy (non-hydrogen) atoms. The van der Waals surface area contributed by atoms with E-state index in [1.165, 1.54) is 5.56 Å². The number of aromatic nitrogens is 1. The highest BCUT2D eigenvalue weighted by molar-refractivity contribution is 14.0. The Balaban J connectivity index is 0.00000392. The molecule has 0 atom stereocenters. The average molecular weight is 500 g/mol. The molecule has 0 saturated heterocycles. The molecule has 0 aliphatic carbocycles. The summed E-state index contributed by atoms with van der Waals surface area (Å²) in [6, 6.07) is 8.23. The molecule has 0 spiro atoms. The third-order valence-corrected chi connectivity index (χ3v) is 4.26. The van der Waals surface area contributed by atoms with Gasteiger partial charge in [0.1, 0.15) is 11.5 Å². The maximum absolute atomic E-state index is 5.56. The van der Waals surface area contributed by atoms with Crippen LogP contribution in [0.2, 0.25) is 0 Å². The van der Waals surface area contributed by atoms with Crippen LogP contribution >= 0.6 is 24.0 Å². The van der Waals surface area contributed by atoms with Crippen LogP contribution in [0.3, 0.4) is 0 Å². The molecular weight excluding hydrogens is 467 g/mol. The SMILES string of the molecule is CCNC(=NCc1c(CC)noc1CC)NCCc1cccc(OCC)c1.I. The third kappa shape index (κ3) is 7.33. The van der Waals surface area contributed by atoms with E-state index in [9.17, 15) is 0 Å². The molecule has 6 nitrogen and oxygen atoms in total. The van der Waals surface area contributed by atoms with Crippen molar-refractivity contribution < 1.29 is 9.26 Å². The van der Waals surface area contributed by atoms with E-state index in [0.29, 0.717) is 13.2 Å².